The van der Waals surface area contributed by atoms with Crippen molar-refractivity contribution in [1.82, 2.24) is 0 Å². The van der Waals surface area contributed by atoms with E-state index < -0.39 is 34.6 Å². The number of aromatic hydroxyl groups is 2. The maximum atomic E-state index is 11.2. The van der Waals surface area contributed by atoms with E-state index in [1.807, 2.05) is 0 Å². The summed E-state index contributed by atoms with van der Waals surface area (Å²) >= 11 is 0. The Morgan fingerprint density at radius 3 is 1.33 bits per heavy atom. The number of aromatic carboxylic acids is 2. The minimum atomic E-state index is -1.43. The van der Waals surface area contributed by atoms with Crippen molar-refractivity contribution in [3.05, 3.63) is 46.5 Å². The standard InChI is InChI=1S/C18H10O6/c1-3-9-5-11(15(19)13(7-9)17(21)22)12-6-10(4-2)8-14(16(12)20)18(23)24/h1-2,5-8,19-20H,(H,21,22)(H,23,24). The van der Waals surface area contributed by atoms with Gasteiger partial charge in [0.15, 0.2) is 0 Å². The summed E-state index contributed by atoms with van der Waals surface area (Å²) < 4.78 is 0. The normalized spacial score (nSPS) is 9.75. The lowest BCUT2D eigenvalue weighted by molar-refractivity contribution is 0.0682. The lowest BCUT2D eigenvalue weighted by atomic mass is 9.94. The second kappa shape index (κ2) is 6.07. The second-order valence-electron chi connectivity index (χ2n) is 4.74. The third-order valence-electron chi connectivity index (χ3n) is 3.30. The van der Waals surface area contributed by atoms with Crippen molar-refractivity contribution in [2.75, 3.05) is 0 Å². The first kappa shape index (κ1) is 16.5. The van der Waals surface area contributed by atoms with Crippen molar-refractivity contribution in [3.63, 3.8) is 0 Å². The molecule has 0 radical (unpaired) electrons. The van der Waals surface area contributed by atoms with Crippen LogP contribution < -0.4 is 0 Å². The van der Waals surface area contributed by atoms with E-state index in [4.69, 9.17) is 23.1 Å². The second-order valence-corrected chi connectivity index (χ2v) is 4.74. The molecule has 0 spiro atoms. The van der Waals surface area contributed by atoms with Gasteiger partial charge in [-0.05, 0) is 24.3 Å². The van der Waals surface area contributed by atoms with Crippen molar-refractivity contribution in [2.24, 2.45) is 0 Å². The fourth-order valence-corrected chi connectivity index (χ4v) is 2.17. The molecule has 0 aromatic heterocycles. The minimum Gasteiger partial charge on any atom is -0.506 e. The van der Waals surface area contributed by atoms with E-state index in [1.54, 1.807) is 0 Å². The van der Waals surface area contributed by atoms with Crippen LogP contribution in [0.4, 0.5) is 0 Å². The molecule has 118 valence electrons. The highest BCUT2D eigenvalue weighted by atomic mass is 16.4. The third-order valence-corrected chi connectivity index (χ3v) is 3.30. The first-order valence-corrected chi connectivity index (χ1v) is 6.44. The molecule has 2 aromatic rings. The zero-order valence-electron chi connectivity index (χ0n) is 12.1. The van der Waals surface area contributed by atoms with E-state index in [2.05, 4.69) is 11.8 Å². The van der Waals surface area contributed by atoms with Crippen LogP contribution in [0.25, 0.3) is 11.1 Å². The van der Waals surface area contributed by atoms with E-state index >= 15 is 0 Å². The minimum absolute atomic E-state index is 0.127. The fourth-order valence-electron chi connectivity index (χ4n) is 2.17. The monoisotopic (exact) mass is 322 g/mol. The van der Waals surface area contributed by atoms with Crippen LogP contribution in [0.3, 0.4) is 0 Å². The highest BCUT2D eigenvalue weighted by molar-refractivity contribution is 5.99. The number of carbonyl (C=O) groups is 2. The Labute approximate surface area is 136 Å². The molecule has 24 heavy (non-hydrogen) atoms. The maximum Gasteiger partial charge on any atom is 0.339 e. The molecular formula is C18H10O6. The summed E-state index contributed by atoms with van der Waals surface area (Å²) in [7, 11) is 0. The van der Waals surface area contributed by atoms with E-state index in [0.717, 1.165) is 12.1 Å². The van der Waals surface area contributed by atoms with Crippen molar-refractivity contribution < 1.29 is 30.0 Å². The van der Waals surface area contributed by atoms with Gasteiger partial charge < -0.3 is 20.4 Å². The van der Waals surface area contributed by atoms with Gasteiger partial charge in [-0.3, -0.25) is 0 Å². The Hall–Kier alpha value is -3.90. The van der Waals surface area contributed by atoms with Crippen molar-refractivity contribution in [2.45, 2.75) is 0 Å². The van der Waals surface area contributed by atoms with Crippen LogP contribution in [0.15, 0.2) is 24.3 Å². The Morgan fingerprint density at radius 1 is 0.750 bits per heavy atom. The lowest BCUT2D eigenvalue weighted by Gasteiger charge is -2.13. The van der Waals surface area contributed by atoms with E-state index in [-0.39, 0.29) is 22.3 Å². The topological polar surface area (TPSA) is 115 Å². The SMILES string of the molecule is C#Cc1cc(C(=O)O)c(O)c(-c2cc(C#C)cc(C(=O)O)c2O)c1. The molecule has 0 atom stereocenters. The van der Waals surface area contributed by atoms with Gasteiger partial charge >= 0.3 is 11.9 Å². The maximum absolute atomic E-state index is 11.2. The largest absolute Gasteiger partial charge is 0.506 e. The predicted molar refractivity (Wildman–Crippen MR) is 85.0 cm³/mol. The van der Waals surface area contributed by atoms with Gasteiger partial charge in [-0.2, -0.15) is 0 Å². The van der Waals surface area contributed by atoms with Crippen LogP contribution in [-0.4, -0.2) is 32.4 Å². The molecule has 0 aliphatic heterocycles. The Balaban J connectivity index is 2.92. The number of terminal acetylenes is 2. The number of hydrogen-bond acceptors (Lipinski definition) is 4. The number of phenols is 2. The molecule has 0 unspecified atom stereocenters. The summed E-state index contributed by atoms with van der Waals surface area (Å²) in [5.74, 6) is 0.269. The van der Waals surface area contributed by atoms with Crippen LogP contribution in [-0.2, 0) is 0 Å². The predicted octanol–water partition coefficient (Wildman–Crippen LogP) is 2.12. The van der Waals surface area contributed by atoms with Gasteiger partial charge in [0.05, 0.1) is 0 Å². The van der Waals surface area contributed by atoms with Crippen LogP contribution in [0.5, 0.6) is 11.5 Å². The van der Waals surface area contributed by atoms with Crippen molar-refractivity contribution >= 4 is 11.9 Å². The molecule has 0 saturated carbocycles. The number of carboxylic acids is 2. The zero-order chi connectivity index (χ0) is 18.0. The van der Waals surface area contributed by atoms with Crippen molar-refractivity contribution in [3.8, 4) is 47.3 Å². The van der Waals surface area contributed by atoms with E-state index in [1.165, 1.54) is 12.1 Å². The summed E-state index contributed by atoms with van der Waals surface area (Å²) in [6.45, 7) is 0. The number of rotatable bonds is 3. The first-order valence-electron chi connectivity index (χ1n) is 6.44. The summed E-state index contributed by atoms with van der Waals surface area (Å²) in [5.41, 5.74) is -0.990. The van der Waals surface area contributed by atoms with Crippen LogP contribution >= 0.6 is 0 Å². The molecule has 0 heterocycles. The highest BCUT2D eigenvalue weighted by Crippen LogP contribution is 2.40. The van der Waals surface area contributed by atoms with Gasteiger partial charge in [-0.15, -0.1) is 12.8 Å². The fraction of sp³-hybridized carbons (Fsp3) is 0. The highest BCUT2D eigenvalue weighted by Gasteiger charge is 2.22. The van der Waals surface area contributed by atoms with Crippen LogP contribution in [0.1, 0.15) is 31.8 Å². The van der Waals surface area contributed by atoms with Gasteiger partial charge in [0.2, 0.25) is 0 Å². The van der Waals surface area contributed by atoms with Crippen molar-refractivity contribution in [1.29, 1.82) is 0 Å². The molecule has 0 aliphatic carbocycles. The van der Waals surface area contributed by atoms with Crippen LogP contribution in [0.2, 0.25) is 0 Å². The molecule has 6 heteroatoms. The number of carboxylic acid groups (broad SMARTS) is 2. The van der Waals surface area contributed by atoms with E-state index in [0.29, 0.717) is 0 Å². The molecule has 0 saturated heterocycles. The summed E-state index contributed by atoms with van der Waals surface area (Å²) in [6.07, 6.45) is 10.5. The molecule has 0 amide bonds. The quantitative estimate of drug-likeness (QED) is 0.644. The first-order chi connectivity index (χ1) is 11.3. The molecular weight excluding hydrogens is 312 g/mol. The zero-order valence-corrected chi connectivity index (χ0v) is 12.1. The van der Waals surface area contributed by atoms with Gasteiger partial charge in [-0.25, -0.2) is 9.59 Å². The van der Waals surface area contributed by atoms with E-state index in [9.17, 15) is 19.8 Å². The van der Waals surface area contributed by atoms with Gasteiger partial charge in [-0.1, -0.05) is 11.8 Å². The third kappa shape index (κ3) is 2.72. The lowest BCUT2D eigenvalue weighted by Crippen LogP contribution is -2.02. The number of benzene rings is 2. The molecule has 0 fully saturated rings. The molecule has 4 N–H and O–H groups in total. The summed E-state index contributed by atoms with van der Waals surface area (Å²) in [4.78, 5) is 22.5. The Kier molecular flexibility index (Phi) is 4.17. The summed E-state index contributed by atoms with van der Waals surface area (Å²) in [5, 5.41) is 38.7. The Morgan fingerprint density at radius 2 is 1.08 bits per heavy atom. The van der Waals surface area contributed by atoms with Gasteiger partial charge in [0.1, 0.15) is 22.6 Å². The smallest absolute Gasteiger partial charge is 0.339 e. The Bertz CT molecular complexity index is 877. The average molecular weight is 322 g/mol. The summed E-state index contributed by atoms with van der Waals surface area (Å²) in [6, 6.07) is 4.67. The molecule has 6 nitrogen and oxygen atoms in total. The van der Waals surface area contributed by atoms with Crippen LogP contribution in [0, 0.1) is 24.7 Å². The van der Waals surface area contributed by atoms with Gasteiger partial charge in [0.25, 0.3) is 0 Å². The molecule has 0 bridgehead atoms. The molecule has 2 aromatic carbocycles. The number of hydrogen-bond donors (Lipinski definition) is 4. The average Bonchev–Trinajstić information content (AvgIpc) is 2.55. The molecule has 0 aliphatic rings. The molecule has 2 rings (SSSR count). The van der Waals surface area contributed by atoms with Gasteiger partial charge in [0, 0.05) is 22.3 Å².